The largest absolute Gasteiger partial charge is 0.468 e. The molecular weight excluding hydrogens is 230 g/mol. The normalized spacial score (nSPS) is 11.0. The first-order chi connectivity index (χ1) is 8.65. The first-order valence-electron chi connectivity index (χ1n) is 5.82. The van der Waals surface area contributed by atoms with Crippen LogP contribution in [-0.4, -0.2) is 23.1 Å². The molecule has 0 amide bonds. The van der Waals surface area contributed by atoms with Crippen LogP contribution in [0.2, 0.25) is 0 Å². The Bertz CT molecular complexity index is 546. The van der Waals surface area contributed by atoms with Crippen molar-refractivity contribution < 1.29 is 4.42 Å². The summed E-state index contributed by atoms with van der Waals surface area (Å²) in [6, 6.07) is 6.90. The van der Waals surface area contributed by atoms with E-state index in [1.54, 1.807) is 23.1 Å². The molecule has 0 bridgehead atoms. The number of furan rings is 1. The molecule has 0 radical (unpaired) electrons. The van der Waals surface area contributed by atoms with Crippen LogP contribution in [0.5, 0.6) is 0 Å². The zero-order valence-corrected chi connectivity index (χ0v) is 10.4. The fourth-order valence-corrected chi connectivity index (χ4v) is 1.75. The monoisotopic (exact) mass is 247 g/mol. The lowest BCUT2D eigenvalue weighted by Gasteiger charge is -2.16. The summed E-state index contributed by atoms with van der Waals surface area (Å²) in [5.74, 6) is 0.914. The number of nitrogens with two attached hydrogens (primary N) is 1. The minimum atomic E-state index is -0.0319. The maximum absolute atomic E-state index is 11.6. The third-order valence-corrected chi connectivity index (χ3v) is 2.73. The minimum Gasteiger partial charge on any atom is -0.468 e. The molecule has 0 unspecified atom stereocenters. The Hall–Kier alpha value is -2.01. The van der Waals surface area contributed by atoms with Gasteiger partial charge in [-0.2, -0.15) is 0 Å². The average molecular weight is 247 g/mol. The second-order valence-corrected chi connectivity index (χ2v) is 4.31. The standard InChI is InChI=1S/C13H17N3O2/c1-15(10-12-3-2-8-18-12)6-7-16-9-11(14)4-5-13(16)17/h2-5,8-9H,6-7,10,14H2,1H3. The Labute approximate surface area is 105 Å². The van der Waals surface area contributed by atoms with E-state index in [0.717, 1.165) is 18.8 Å². The summed E-state index contributed by atoms with van der Waals surface area (Å²) in [4.78, 5) is 13.7. The van der Waals surface area contributed by atoms with E-state index in [-0.39, 0.29) is 5.56 Å². The SMILES string of the molecule is CN(CCn1cc(N)ccc1=O)Cc1ccco1. The number of rotatable bonds is 5. The first kappa shape index (κ1) is 12.4. The Morgan fingerprint density at radius 1 is 1.39 bits per heavy atom. The minimum absolute atomic E-state index is 0.0319. The second kappa shape index (κ2) is 5.55. The van der Waals surface area contributed by atoms with Gasteiger partial charge in [0.2, 0.25) is 0 Å². The number of nitrogen functional groups attached to an aromatic ring is 1. The van der Waals surface area contributed by atoms with Gasteiger partial charge >= 0.3 is 0 Å². The summed E-state index contributed by atoms with van der Waals surface area (Å²) < 4.78 is 6.89. The Morgan fingerprint density at radius 3 is 2.94 bits per heavy atom. The Kier molecular flexibility index (Phi) is 3.84. The van der Waals surface area contributed by atoms with Gasteiger partial charge in [0.15, 0.2) is 0 Å². The number of likely N-dealkylation sites (N-methyl/N-ethyl adjacent to an activating group) is 1. The lowest BCUT2D eigenvalue weighted by molar-refractivity contribution is 0.282. The van der Waals surface area contributed by atoms with Crippen LogP contribution in [0.4, 0.5) is 5.69 Å². The van der Waals surface area contributed by atoms with Gasteiger partial charge in [0.05, 0.1) is 12.8 Å². The van der Waals surface area contributed by atoms with Gasteiger partial charge < -0.3 is 14.7 Å². The molecule has 96 valence electrons. The third kappa shape index (κ3) is 3.24. The molecule has 0 spiro atoms. The van der Waals surface area contributed by atoms with Crippen LogP contribution in [-0.2, 0) is 13.1 Å². The third-order valence-electron chi connectivity index (χ3n) is 2.73. The fourth-order valence-electron chi connectivity index (χ4n) is 1.75. The van der Waals surface area contributed by atoms with Crippen LogP contribution in [0.15, 0.2) is 45.9 Å². The van der Waals surface area contributed by atoms with E-state index in [9.17, 15) is 4.79 Å². The molecule has 5 heteroatoms. The number of anilines is 1. The molecular formula is C13H17N3O2. The van der Waals surface area contributed by atoms with Gasteiger partial charge in [0.25, 0.3) is 5.56 Å². The van der Waals surface area contributed by atoms with Gasteiger partial charge in [0, 0.05) is 31.0 Å². The average Bonchev–Trinajstić information content (AvgIpc) is 2.83. The lowest BCUT2D eigenvalue weighted by Crippen LogP contribution is -2.27. The molecule has 5 nitrogen and oxygen atoms in total. The maximum atomic E-state index is 11.6. The topological polar surface area (TPSA) is 64.4 Å². The van der Waals surface area contributed by atoms with E-state index >= 15 is 0 Å². The molecule has 0 aliphatic carbocycles. The van der Waals surface area contributed by atoms with Gasteiger partial charge in [-0.05, 0) is 25.2 Å². The predicted molar refractivity (Wildman–Crippen MR) is 70.2 cm³/mol. The second-order valence-electron chi connectivity index (χ2n) is 4.31. The molecule has 0 atom stereocenters. The van der Waals surface area contributed by atoms with E-state index in [1.165, 1.54) is 6.07 Å². The zero-order valence-electron chi connectivity index (χ0n) is 10.4. The molecule has 0 aromatic carbocycles. The maximum Gasteiger partial charge on any atom is 0.250 e. The Morgan fingerprint density at radius 2 is 2.22 bits per heavy atom. The number of aromatic nitrogens is 1. The van der Waals surface area contributed by atoms with E-state index in [4.69, 9.17) is 10.2 Å². The van der Waals surface area contributed by atoms with Crippen molar-refractivity contribution in [2.24, 2.45) is 0 Å². The van der Waals surface area contributed by atoms with Crippen LogP contribution in [0.3, 0.4) is 0 Å². The number of hydrogen-bond donors (Lipinski definition) is 1. The van der Waals surface area contributed by atoms with E-state index in [0.29, 0.717) is 12.2 Å². The molecule has 18 heavy (non-hydrogen) atoms. The smallest absolute Gasteiger partial charge is 0.250 e. The van der Waals surface area contributed by atoms with Crippen LogP contribution in [0, 0.1) is 0 Å². The summed E-state index contributed by atoms with van der Waals surface area (Å²) in [5.41, 5.74) is 6.22. The highest BCUT2D eigenvalue weighted by Crippen LogP contribution is 2.03. The molecule has 0 fully saturated rings. The van der Waals surface area contributed by atoms with Crippen molar-refractivity contribution in [2.75, 3.05) is 19.3 Å². The van der Waals surface area contributed by atoms with Crippen LogP contribution in [0.25, 0.3) is 0 Å². The summed E-state index contributed by atoms with van der Waals surface area (Å²) in [7, 11) is 1.99. The van der Waals surface area contributed by atoms with Crippen molar-refractivity contribution in [1.29, 1.82) is 0 Å². The van der Waals surface area contributed by atoms with Crippen LogP contribution < -0.4 is 11.3 Å². The molecule has 0 aliphatic heterocycles. The van der Waals surface area contributed by atoms with Crippen molar-refractivity contribution in [3.63, 3.8) is 0 Å². The highest BCUT2D eigenvalue weighted by Gasteiger charge is 2.03. The molecule has 2 heterocycles. The zero-order chi connectivity index (χ0) is 13.0. The van der Waals surface area contributed by atoms with E-state index in [2.05, 4.69) is 4.90 Å². The van der Waals surface area contributed by atoms with Crippen LogP contribution in [0.1, 0.15) is 5.76 Å². The van der Waals surface area contributed by atoms with Crippen molar-refractivity contribution in [2.45, 2.75) is 13.1 Å². The summed E-state index contributed by atoms with van der Waals surface area (Å²) >= 11 is 0. The molecule has 2 rings (SSSR count). The summed E-state index contributed by atoms with van der Waals surface area (Å²) in [6.07, 6.45) is 3.33. The van der Waals surface area contributed by atoms with Gasteiger partial charge in [-0.1, -0.05) is 0 Å². The molecule has 0 saturated heterocycles. The summed E-state index contributed by atoms with van der Waals surface area (Å²) in [6.45, 7) is 2.09. The molecule has 2 N–H and O–H groups in total. The number of hydrogen-bond acceptors (Lipinski definition) is 4. The van der Waals surface area contributed by atoms with Crippen LogP contribution >= 0.6 is 0 Å². The van der Waals surface area contributed by atoms with Gasteiger partial charge in [0.1, 0.15) is 5.76 Å². The van der Waals surface area contributed by atoms with Crippen molar-refractivity contribution in [3.8, 4) is 0 Å². The predicted octanol–water partition coefficient (Wildman–Crippen LogP) is 1.16. The lowest BCUT2D eigenvalue weighted by atomic mass is 10.4. The first-order valence-corrected chi connectivity index (χ1v) is 5.82. The summed E-state index contributed by atoms with van der Waals surface area (Å²) in [5, 5.41) is 0. The van der Waals surface area contributed by atoms with Crippen molar-refractivity contribution in [1.82, 2.24) is 9.47 Å². The van der Waals surface area contributed by atoms with E-state index in [1.807, 2.05) is 19.2 Å². The molecule has 2 aromatic heterocycles. The molecule has 0 saturated carbocycles. The van der Waals surface area contributed by atoms with Crippen molar-refractivity contribution in [3.05, 3.63) is 52.8 Å². The van der Waals surface area contributed by atoms with Gasteiger partial charge in [-0.15, -0.1) is 0 Å². The number of pyridine rings is 1. The van der Waals surface area contributed by atoms with Gasteiger partial charge in [-0.25, -0.2) is 0 Å². The fraction of sp³-hybridized carbons (Fsp3) is 0.308. The Balaban J connectivity index is 1.91. The van der Waals surface area contributed by atoms with E-state index < -0.39 is 0 Å². The molecule has 2 aromatic rings. The molecule has 0 aliphatic rings. The highest BCUT2D eigenvalue weighted by atomic mass is 16.3. The quantitative estimate of drug-likeness (QED) is 0.861. The highest BCUT2D eigenvalue weighted by molar-refractivity contribution is 5.33. The van der Waals surface area contributed by atoms with Crippen molar-refractivity contribution >= 4 is 5.69 Å². The van der Waals surface area contributed by atoms with Gasteiger partial charge in [-0.3, -0.25) is 9.69 Å². The number of nitrogens with zero attached hydrogens (tertiary/aromatic N) is 2.